The first kappa shape index (κ1) is 15.8. The molecule has 0 radical (unpaired) electrons. The Morgan fingerprint density at radius 2 is 1.87 bits per heavy atom. The van der Waals surface area contributed by atoms with Crippen LogP contribution >= 0.6 is 11.3 Å². The van der Waals surface area contributed by atoms with Crippen LogP contribution in [-0.4, -0.2) is 52.8 Å². The van der Waals surface area contributed by atoms with E-state index in [1.807, 2.05) is 47.2 Å². The molecule has 1 N–H and O–H groups in total. The summed E-state index contributed by atoms with van der Waals surface area (Å²) in [6.45, 7) is 6.42. The molecule has 0 atom stereocenters. The van der Waals surface area contributed by atoms with Gasteiger partial charge in [0.1, 0.15) is 0 Å². The highest BCUT2D eigenvalue weighted by Crippen LogP contribution is 2.15. The van der Waals surface area contributed by atoms with Gasteiger partial charge in [-0.3, -0.25) is 9.59 Å². The second kappa shape index (κ2) is 6.58. The van der Waals surface area contributed by atoms with E-state index in [1.165, 1.54) is 11.3 Å². The molecule has 1 aliphatic rings. The Morgan fingerprint density at radius 1 is 1.17 bits per heavy atom. The number of hydrogen-bond acceptors (Lipinski definition) is 3. The first-order chi connectivity index (χ1) is 11.0. The molecule has 3 rings (SSSR count). The summed E-state index contributed by atoms with van der Waals surface area (Å²) in [7, 11) is 0. The quantitative estimate of drug-likeness (QED) is 0.937. The van der Waals surface area contributed by atoms with Crippen molar-refractivity contribution in [2.45, 2.75) is 20.3 Å². The van der Waals surface area contributed by atoms with Gasteiger partial charge in [0.05, 0.1) is 11.3 Å². The zero-order valence-corrected chi connectivity index (χ0v) is 14.3. The van der Waals surface area contributed by atoms with E-state index in [9.17, 15) is 9.59 Å². The molecule has 0 aliphatic carbocycles. The fourth-order valence-corrected chi connectivity index (χ4v) is 3.65. The number of piperazine rings is 1. The van der Waals surface area contributed by atoms with Gasteiger partial charge < -0.3 is 14.8 Å². The van der Waals surface area contributed by atoms with Gasteiger partial charge in [-0.05, 0) is 36.9 Å². The smallest absolute Gasteiger partial charge is 0.264 e. The van der Waals surface area contributed by atoms with Crippen molar-refractivity contribution in [2.75, 3.05) is 26.2 Å². The first-order valence-electron chi connectivity index (χ1n) is 7.80. The number of carbonyl (C=O) groups is 2. The number of H-pyrrole nitrogens is 1. The lowest BCUT2D eigenvalue weighted by molar-refractivity contribution is -0.131. The minimum absolute atomic E-state index is 0.0733. The Labute approximate surface area is 139 Å². The predicted molar refractivity (Wildman–Crippen MR) is 90.8 cm³/mol. The molecule has 23 heavy (non-hydrogen) atoms. The van der Waals surface area contributed by atoms with Crippen molar-refractivity contribution in [1.29, 1.82) is 0 Å². The Kier molecular flexibility index (Phi) is 4.52. The van der Waals surface area contributed by atoms with Gasteiger partial charge in [0.15, 0.2) is 0 Å². The molecule has 122 valence electrons. The van der Waals surface area contributed by atoms with E-state index in [1.54, 1.807) is 0 Å². The highest BCUT2D eigenvalue weighted by molar-refractivity contribution is 7.12. The number of aryl methyl sites for hydroxylation is 2. The number of hydrogen-bond donors (Lipinski definition) is 1. The lowest BCUT2D eigenvalue weighted by Gasteiger charge is -2.34. The van der Waals surface area contributed by atoms with Gasteiger partial charge in [0, 0.05) is 37.6 Å². The lowest BCUT2D eigenvalue weighted by atomic mass is 10.1. The number of nitrogens with one attached hydrogen (secondary N) is 1. The summed E-state index contributed by atoms with van der Waals surface area (Å²) in [5.41, 5.74) is 3.20. The van der Waals surface area contributed by atoms with E-state index in [-0.39, 0.29) is 11.8 Å². The highest BCUT2D eigenvalue weighted by atomic mass is 32.1. The fraction of sp³-hybridized carbons (Fsp3) is 0.412. The predicted octanol–water partition coefficient (Wildman–Crippen LogP) is 2.22. The largest absolute Gasteiger partial charge is 0.362 e. The normalized spacial score (nSPS) is 15.0. The molecule has 6 heteroatoms. The van der Waals surface area contributed by atoms with Gasteiger partial charge >= 0.3 is 0 Å². The van der Waals surface area contributed by atoms with Crippen LogP contribution in [0.15, 0.2) is 23.6 Å². The maximum absolute atomic E-state index is 12.4. The average molecular weight is 331 g/mol. The third-order valence-corrected chi connectivity index (χ3v) is 5.11. The second-order valence-electron chi connectivity index (χ2n) is 5.93. The Morgan fingerprint density at radius 3 is 2.43 bits per heavy atom. The molecule has 1 saturated heterocycles. The summed E-state index contributed by atoms with van der Waals surface area (Å²) in [4.78, 5) is 32.4. The summed E-state index contributed by atoms with van der Waals surface area (Å²) in [6, 6.07) is 5.77. The molecule has 2 aromatic heterocycles. The van der Waals surface area contributed by atoms with Crippen LogP contribution in [0.2, 0.25) is 0 Å². The topological polar surface area (TPSA) is 56.4 Å². The van der Waals surface area contributed by atoms with E-state index >= 15 is 0 Å². The number of thiophene rings is 1. The van der Waals surface area contributed by atoms with Crippen LogP contribution in [0.1, 0.15) is 26.6 Å². The van der Waals surface area contributed by atoms with Gasteiger partial charge in [-0.1, -0.05) is 6.07 Å². The Balaban J connectivity index is 1.55. The van der Waals surface area contributed by atoms with Gasteiger partial charge in [0.25, 0.3) is 5.91 Å². The number of aromatic nitrogens is 1. The van der Waals surface area contributed by atoms with Crippen LogP contribution in [0.4, 0.5) is 0 Å². The standard InChI is InChI=1S/C17H21N3O2S/c1-12-10-14(13(2)18-12)11-16(21)19-5-7-20(8-6-19)17(22)15-4-3-9-23-15/h3-4,9-10,18H,5-8,11H2,1-2H3. The van der Waals surface area contributed by atoms with Crippen LogP contribution in [0.5, 0.6) is 0 Å². The third kappa shape index (κ3) is 3.47. The summed E-state index contributed by atoms with van der Waals surface area (Å²) < 4.78 is 0. The molecule has 5 nitrogen and oxygen atoms in total. The van der Waals surface area contributed by atoms with Crippen molar-refractivity contribution in [3.05, 3.63) is 45.4 Å². The molecular weight excluding hydrogens is 310 g/mol. The van der Waals surface area contributed by atoms with Crippen molar-refractivity contribution >= 4 is 23.2 Å². The van der Waals surface area contributed by atoms with Gasteiger partial charge in [-0.15, -0.1) is 11.3 Å². The van der Waals surface area contributed by atoms with Crippen molar-refractivity contribution in [1.82, 2.24) is 14.8 Å². The minimum atomic E-state index is 0.0733. The van der Waals surface area contributed by atoms with Crippen LogP contribution in [0, 0.1) is 13.8 Å². The minimum Gasteiger partial charge on any atom is -0.362 e. The number of nitrogens with zero attached hydrogens (tertiary/aromatic N) is 2. The maximum atomic E-state index is 12.4. The summed E-state index contributed by atoms with van der Waals surface area (Å²) in [5.74, 6) is 0.208. The van der Waals surface area contributed by atoms with Crippen LogP contribution in [0.25, 0.3) is 0 Å². The zero-order valence-electron chi connectivity index (χ0n) is 13.5. The van der Waals surface area contributed by atoms with Crippen LogP contribution < -0.4 is 0 Å². The molecule has 0 spiro atoms. The molecule has 0 aromatic carbocycles. The summed E-state index contributed by atoms with van der Waals surface area (Å²) in [6.07, 6.45) is 0.426. The number of amides is 2. The van der Waals surface area contributed by atoms with E-state index in [0.29, 0.717) is 32.6 Å². The highest BCUT2D eigenvalue weighted by Gasteiger charge is 2.25. The van der Waals surface area contributed by atoms with E-state index < -0.39 is 0 Å². The average Bonchev–Trinajstić information content (AvgIpc) is 3.17. The summed E-state index contributed by atoms with van der Waals surface area (Å²) in [5, 5.41) is 1.91. The van der Waals surface area contributed by atoms with Crippen molar-refractivity contribution in [2.24, 2.45) is 0 Å². The molecule has 1 fully saturated rings. The van der Waals surface area contributed by atoms with Gasteiger partial charge in [-0.25, -0.2) is 0 Å². The molecule has 2 aromatic rings. The Bertz CT molecular complexity index is 698. The fourth-order valence-electron chi connectivity index (χ4n) is 2.96. The molecule has 0 saturated carbocycles. The molecule has 0 unspecified atom stereocenters. The Hall–Kier alpha value is -2.08. The SMILES string of the molecule is Cc1cc(CC(=O)N2CCN(C(=O)c3cccs3)CC2)c(C)[nH]1. The van der Waals surface area contributed by atoms with Gasteiger partial charge in [0.2, 0.25) is 5.91 Å². The lowest BCUT2D eigenvalue weighted by Crippen LogP contribution is -2.50. The molecule has 1 aliphatic heterocycles. The molecule has 2 amide bonds. The van der Waals surface area contributed by atoms with Crippen molar-refractivity contribution in [3.63, 3.8) is 0 Å². The summed E-state index contributed by atoms with van der Waals surface area (Å²) >= 11 is 1.46. The first-order valence-corrected chi connectivity index (χ1v) is 8.68. The van der Waals surface area contributed by atoms with E-state index in [2.05, 4.69) is 4.98 Å². The molecule has 0 bridgehead atoms. The number of carbonyl (C=O) groups excluding carboxylic acids is 2. The van der Waals surface area contributed by atoms with E-state index in [4.69, 9.17) is 0 Å². The van der Waals surface area contributed by atoms with Crippen molar-refractivity contribution < 1.29 is 9.59 Å². The van der Waals surface area contributed by atoms with Crippen LogP contribution in [-0.2, 0) is 11.2 Å². The zero-order chi connectivity index (χ0) is 16.4. The monoisotopic (exact) mass is 331 g/mol. The third-order valence-electron chi connectivity index (χ3n) is 4.25. The maximum Gasteiger partial charge on any atom is 0.264 e. The van der Waals surface area contributed by atoms with Gasteiger partial charge in [-0.2, -0.15) is 0 Å². The molecular formula is C17H21N3O2S. The number of rotatable bonds is 3. The molecule has 3 heterocycles. The second-order valence-corrected chi connectivity index (χ2v) is 6.88. The van der Waals surface area contributed by atoms with Crippen LogP contribution in [0.3, 0.4) is 0 Å². The van der Waals surface area contributed by atoms with Crippen molar-refractivity contribution in [3.8, 4) is 0 Å². The van der Waals surface area contributed by atoms with E-state index in [0.717, 1.165) is 21.8 Å². The number of aromatic amines is 1.